The third-order valence-corrected chi connectivity index (χ3v) is 4.86. The molecule has 3 rings (SSSR count). The van der Waals surface area contributed by atoms with Crippen LogP contribution in [0.2, 0.25) is 10.0 Å². The molecule has 2 bridgehead atoms. The molecule has 0 N–H and O–H groups in total. The third kappa shape index (κ3) is 2.80. The predicted octanol–water partition coefficient (Wildman–Crippen LogP) is 3.78. The number of ether oxygens (including phenoxy) is 1. The minimum absolute atomic E-state index is 0.00829. The average Bonchev–Trinajstić information content (AvgIpc) is 2.61. The van der Waals surface area contributed by atoms with Gasteiger partial charge in [0.05, 0.1) is 5.56 Å². The quantitative estimate of drug-likeness (QED) is 0.778. The van der Waals surface area contributed by atoms with Gasteiger partial charge in [0.25, 0.3) is 0 Å². The number of carbonyl (C=O) groups excluding carboxylic acids is 1. The van der Waals surface area contributed by atoms with Gasteiger partial charge in [0.1, 0.15) is 6.10 Å². The molecule has 0 saturated carbocycles. The van der Waals surface area contributed by atoms with Crippen LogP contribution in [-0.4, -0.2) is 36.1 Å². The van der Waals surface area contributed by atoms with E-state index in [-0.39, 0.29) is 12.1 Å². The van der Waals surface area contributed by atoms with Crippen LogP contribution in [0, 0.1) is 0 Å². The van der Waals surface area contributed by atoms with Crippen molar-refractivity contribution in [3.63, 3.8) is 0 Å². The zero-order chi connectivity index (χ0) is 14.3. The first-order valence-corrected chi connectivity index (χ1v) is 7.67. The standard InChI is InChI=1S/C15H17Cl2NO2/c1-18-12-2-3-13(18)8-14(7-12)20-15(19)9-4-10(16)6-11(17)5-9/h4-6,12-14H,2-3,7-8H2,1H3/t12-,13?,14?/m0/s1. The van der Waals surface area contributed by atoms with Crippen molar-refractivity contribution in [2.24, 2.45) is 0 Å². The molecular weight excluding hydrogens is 297 g/mol. The van der Waals surface area contributed by atoms with E-state index >= 15 is 0 Å². The number of fused-ring (bicyclic) bond motifs is 2. The van der Waals surface area contributed by atoms with E-state index in [1.165, 1.54) is 12.8 Å². The number of hydrogen-bond donors (Lipinski definition) is 0. The summed E-state index contributed by atoms with van der Waals surface area (Å²) in [5.74, 6) is -0.330. The number of esters is 1. The Morgan fingerprint density at radius 1 is 1.15 bits per heavy atom. The maximum Gasteiger partial charge on any atom is 0.338 e. The van der Waals surface area contributed by atoms with Crippen LogP contribution < -0.4 is 0 Å². The molecule has 2 unspecified atom stereocenters. The molecule has 2 heterocycles. The Bertz CT molecular complexity index is 500. The van der Waals surface area contributed by atoms with Crippen LogP contribution >= 0.6 is 23.2 Å². The van der Waals surface area contributed by atoms with Crippen LogP contribution in [0.3, 0.4) is 0 Å². The van der Waals surface area contributed by atoms with Crippen molar-refractivity contribution in [3.05, 3.63) is 33.8 Å². The molecule has 0 amide bonds. The van der Waals surface area contributed by atoms with E-state index < -0.39 is 0 Å². The van der Waals surface area contributed by atoms with Gasteiger partial charge < -0.3 is 9.64 Å². The van der Waals surface area contributed by atoms with Crippen molar-refractivity contribution in [2.75, 3.05) is 7.05 Å². The van der Waals surface area contributed by atoms with Gasteiger partial charge in [0.15, 0.2) is 0 Å². The van der Waals surface area contributed by atoms with Gasteiger partial charge in [-0.15, -0.1) is 0 Å². The molecule has 3 nitrogen and oxygen atoms in total. The van der Waals surface area contributed by atoms with E-state index in [1.807, 2.05) is 0 Å². The lowest BCUT2D eigenvalue weighted by Gasteiger charge is -2.35. The molecule has 5 heteroatoms. The number of hydrogen-bond acceptors (Lipinski definition) is 3. The fourth-order valence-electron chi connectivity index (χ4n) is 3.35. The summed E-state index contributed by atoms with van der Waals surface area (Å²) >= 11 is 11.8. The number of rotatable bonds is 2. The smallest absolute Gasteiger partial charge is 0.338 e. The van der Waals surface area contributed by atoms with Crippen LogP contribution in [-0.2, 0) is 4.74 Å². The number of halogens is 2. The molecule has 0 aliphatic carbocycles. The topological polar surface area (TPSA) is 29.5 Å². The van der Waals surface area contributed by atoms with E-state index in [2.05, 4.69) is 11.9 Å². The van der Waals surface area contributed by atoms with Crippen molar-refractivity contribution in [1.82, 2.24) is 4.90 Å². The normalized spacial score (nSPS) is 29.4. The van der Waals surface area contributed by atoms with Crippen LogP contribution in [0.15, 0.2) is 18.2 Å². The summed E-state index contributed by atoms with van der Waals surface area (Å²) in [5.41, 5.74) is 0.425. The van der Waals surface area contributed by atoms with Gasteiger partial charge in [-0.25, -0.2) is 4.79 Å². The first-order valence-electron chi connectivity index (χ1n) is 6.92. The summed E-state index contributed by atoms with van der Waals surface area (Å²) in [6, 6.07) is 5.90. The van der Waals surface area contributed by atoms with Crippen molar-refractivity contribution in [2.45, 2.75) is 43.9 Å². The van der Waals surface area contributed by atoms with E-state index in [0.717, 1.165) is 12.8 Å². The molecule has 0 radical (unpaired) electrons. The Kier molecular flexibility index (Phi) is 3.93. The lowest BCUT2D eigenvalue weighted by atomic mass is 10.0. The fourth-order valence-corrected chi connectivity index (χ4v) is 3.87. The molecule has 0 aromatic heterocycles. The summed E-state index contributed by atoms with van der Waals surface area (Å²) in [5, 5.41) is 0.904. The van der Waals surface area contributed by atoms with Gasteiger partial charge in [-0.05, 0) is 38.1 Å². The average molecular weight is 314 g/mol. The maximum atomic E-state index is 12.2. The molecular formula is C15H17Cl2NO2. The Balaban J connectivity index is 1.67. The fraction of sp³-hybridized carbons (Fsp3) is 0.533. The zero-order valence-corrected chi connectivity index (χ0v) is 12.8. The second-order valence-corrected chi connectivity index (χ2v) is 6.58. The largest absolute Gasteiger partial charge is 0.459 e. The minimum atomic E-state index is -0.330. The van der Waals surface area contributed by atoms with E-state index in [9.17, 15) is 4.79 Å². The molecule has 1 aromatic rings. The Morgan fingerprint density at radius 3 is 2.25 bits per heavy atom. The van der Waals surface area contributed by atoms with Gasteiger partial charge in [-0.3, -0.25) is 0 Å². The summed E-state index contributed by atoms with van der Waals surface area (Å²) in [6.07, 6.45) is 4.27. The Labute approximate surface area is 128 Å². The second kappa shape index (κ2) is 5.55. The van der Waals surface area contributed by atoms with Crippen molar-refractivity contribution in [3.8, 4) is 0 Å². The Morgan fingerprint density at radius 2 is 1.70 bits per heavy atom. The molecule has 20 heavy (non-hydrogen) atoms. The minimum Gasteiger partial charge on any atom is -0.459 e. The summed E-state index contributed by atoms with van der Waals surface area (Å²) < 4.78 is 5.63. The lowest BCUT2D eigenvalue weighted by molar-refractivity contribution is -0.000448. The van der Waals surface area contributed by atoms with Gasteiger partial charge >= 0.3 is 5.97 Å². The van der Waals surface area contributed by atoms with E-state index in [4.69, 9.17) is 27.9 Å². The van der Waals surface area contributed by atoms with Crippen LogP contribution in [0.4, 0.5) is 0 Å². The van der Waals surface area contributed by atoms with Crippen molar-refractivity contribution in [1.29, 1.82) is 0 Å². The number of benzene rings is 1. The predicted molar refractivity (Wildman–Crippen MR) is 79.5 cm³/mol. The van der Waals surface area contributed by atoms with Crippen LogP contribution in [0.1, 0.15) is 36.0 Å². The van der Waals surface area contributed by atoms with Gasteiger partial charge in [-0.2, -0.15) is 0 Å². The third-order valence-electron chi connectivity index (χ3n) is 4.43. The molecule has 0 spiro atoms. The number of carbonyl (C=O) groups is 1. The molecule has 2 aliphatic heterocycles. The highest BCUT2D eigenvalue weighted by atomic mass is 35.5. The molecule has 1 aromatic carbocycles. The van der Waals surface area contributed by atoms with Gasteiger partial charge in [0, 0.05) is 35.0 Å². The highest BCUT2D eigenvalue weighted by Gasteiger charge is 2.39. The first kappa shape index (κ1) is 14.2. The highest BCUT2D eigenvalue weighted by molar-refractivity contribution is 6.35. The summed E-state index contributed by atoms with van der Waals surface area (Å²) in [7, 11) is 2.16. The first-order chi connectivity index (χ1) is 9.52. The van der Waals surface area contributed by atoms with E-state index in [0.29, 0.717) is 27.7 Å². The molecule has 2 aliphatic rings. The summed E-state index contributed by atoms with van der Waals surface area (Å²) in [4.78, 5) is 14.6. The van der Waals surface area contributed by atoms with Gasteiger partial charge in [0.2, 0.25) is 0 Å². The Hall–Kier alpha value is -0.770. The molecule has 2 saturated heterocycles. The highest BCUT2D eigenvalue weighted by Crippen LogP contribution is 2.35. The van der Waals surface area contributed by atoms with E-state index in [1.54, 1.807) is 18.2 Å². The second-order valence-electron chi connectivity index (χ2n) is 5.71. The van der Waals surface area contributed by atoms with Crippen LogP contribution in [0.25, 0.3) is 0 Å². The number of nitrogens with zero attached hydrogens (tertiary/aromatic N) is 1. The van der Waals surface area contributed by atoms with Gasteiger partial charge in [-0.1, -0.05) is 23.2 Å². The molecule has 108 valence electrons. The van der Waals surface area contributed by atoms with Crippen LogP contribution in [0.5, 0.6) is 0 Å². The molecule has 2 fully saturated rings. The van der Waals surface area contributed by atoms with Crippen molar-refractivity contribution >= 4 is 29.2 Å². The lowest BCUT2D eigenvalue weighted by Crippen LogP contribution is -2.43. The van der Waals surface area contributed by atoms with Crippen molar-refractivity contribution < 1.29 is 9.53 Å². The molecule has 3 atom stereocenters. The maximum absolute atomic E-state index is 12.2. The monoisotopic (exact) mass is 313 g/mol. The zero-order valence-electron chi connectivity index (χ0n) is 11.3. The SMILES string of the molecule is CN1C2CC[C@H]1CC(OC(=O)c1cc(Cl)cc(Cl)c1)C2. The number of piperidine rings is 1. The summed E-state index contributed by atoms with van der Waals surface area (Å²) in [6.45, 7) is 0.